The number of likely N-dealkylation sites (tertiary alicyclic amines) is 1. The molecule has 2 aliphatic rings. The highest BCUT2D eigenvalue weighted by molar-refractivity contribution is 5.91. The molecule has 1 atom stereocenters. The van der Waals surface area contributed by atoms with Crippen molar-refractivity contribution in [3.8, 4) is 0 Å². The second-order valence-electron chi connectivity index (χ2n) is 6.39. The summed E-state index contributed by atoms with van der Waals surface area (Å²) in [4.78, 5) is 26.7. The first-order valence-corrected chi connectivity index (χ1v) is 8.31. The molecule has 1 aliphatic carbocycles. The van der Waals surface area contributed by atoms with Crippen LogP contribution in [-0.2, 0) is 9.59 Å². The van der Waals surface area contributed by atoms with Crippen molar-refractivity contribution in [1.29, 1.82) is 0 Å². The Labute approximate surface area is 135 Å². The Hall–Kier alpha value is -2.11. The zero-order valence-corrected chi connectivity index (χ0v) is 13.5. The number of aryl methyl sites for hydroxylation is 1. The molecule has 0 radical (unpaired) electrons. The van der Waals surface area contributed by atoms with Gasteiger partial charge in [-0.3, -0.25) is 9.59 Å². The van der Waals surface area contributed by atoms with E-state index in [9.17, 15) is 9.59 Å². The van der Waals surface area contributed by atoms with Crippen molar-refractivity contribution in [3.05, 3.63) is 24.0 Å². The molecule has 1 aliphatic heterocycles. The van der Waals surface area contributed by atoms with Gasteiger partial charge in [0.25, 0.3) is 0 Å². The number of carbonyl (C=O) groups is 2. The van der Waals surface area contributed by atoms with Gasteiger partial charge in [-0.25, -0.2) is 0 Å². The molecule has 2 amide bonds. The molecule has 6 heteroatoms. The van der Waals surface area contributed by atoms with E-state index in [-0.39, 0.29) is 23.7 Å². The molecule has 124 valence electrons. The molecule has 3 rings (SSSR count). The number of piperidine rings is 1. The number of nitrogens with zero attached hydrogens (tertiary/aromatic N) is 2. The lowest BCUT2D eigenvalue weighted by atomic mass is 9.90. The zero-order chi connectivity index (χ0) is 16.2. The van der Waals surface area contributed by atoms with Gasteiger partial charge in [0.2, 0.25) is 11.8 Å². The van der Waals surface area contributed by atoms with E-state index < -0.39 is 0 Å². The predicted octanol–water partition coefficient (Wildman–Crippen LogP) is 2.52. The number of anilines is 1. The van der Waals surface area contributed by atoms with Crippen LogP contribution in [0.3, 0.4) is 0 Å². The molecule has 0 bridgehead atoms. The summed E-state index contributed by atoms with van der Waals surface area (Å²) in [5, 5.41) is 6.56. The van der Waals surface area contributed by atoms with E-state index in [1.54, 1.807) is 13.0 Å². The number of hydrogen-bond donors (Lipinski definition) is 1. The first kappa shape index (κ1) is 15.8. The van der Waals surface area contributed by atoms with Gasteiger partial charge in [-0.05, 0) is 39.0 Å². The van der Waals surface area contributed by atoms with Crippen molar-refractivity contribution < 1.29 is 14.1 Å². The van der Waals surface area contributed by atoms with Crippen molar-refractivity contribution in [2.75, 3.05) is 18.4 Å². The van der Waals surface area contributed by atoms with Gasteiger partial charge in [0.05, 0.1) is 0 Å². The molecule has 6 nitrogen and oxygen atoms in total. The third kappa shape index (κ3) is 3.81. The summed E-state index contributed by atoms with van der Waals surface area (Å²) in [5.41, 5.74) is 0. The summed E-state index contributed by atoms with van der Waals surface area (Å²) in [6.07, 6.45) is 8.45. The number of nitrogens with one attached hydrogen (secondary N) is 1. The lowest BCUT2D eigenvalue weighted by Crippen LogP contribution is -2.44. The highest BCUT2D eigenvalue weighted by Gasteiger charge is 2.30. The van der Waals surface area contributed by atoms with Crippen LogP contribution in [0.25, 0.3) is 0 Å². The summed E-state index contributed by atoms with van der Waals surface area (Å²) < 4.78 is 4.95. The standard InChI is InChI=1S/C17H23N3O3/c1-12-11-15(19-23-12)18-16(21)13-7-9-20(10-8-13)17(22)14-5-3-2-4-6-14/h2-3,11,13-14H,4-10H2,1H3,(H,18,19,21). The van der Waals surface area contributed by atoms with Crippen molar-refractivity contribution in [2.45, 2.75) is 39.0 Å². The van der Waals surface area contributed by atoms with Gasteiger partial charge in [0.15, 0.2) is 5.82 Å². The lowest BCUT2D eigenvalue weighted by molar-refractivity contribution is -0.138. The molecule has 0 spiro atoms. The Bertz CT molecular complexity index is 600. The van der Waals surface area contributed by atoms with Crippen LogP contribution in [0, 0.1) is 18.8 Å². The van der Waals surface area contributed by atoms with E-state index in [1.165, 1.54) is 0 Å². The van der Waals surface area contributed by atoms with E-state index in [2.05, 4.69) is 22.6 Å². The van der Waals surface area contributed by atoms with Crippen LogP contribution in [-0.4, -0.2) is 35.0 Å². The minimum atomic E-state index is -0.0673. The van der Waals surface area contributed by atoms with Crippen molar-refractivity contribution in [1.82, 2.24) is 10.1 Å². The Morgan fingerprint density at radius 3 is 2.61 bits per heavy atom. The average molecular weight is 317 g/mol. The molecule has 2 heterocycles. The van der Waals surface area contributed by atoms with Crippen LogP contribution < -0.4 is 5.32 Å². The second kappa shape index (κ2) is 6.98. The van der Waals surface area contributed by atoms with E-state index in [4.69, 9.17) is 4.52 Å². The van der Waals surface area contributed by atoms with Crippen LogP contribution in [0.15, 0.2) is 22.7 Å². The first-order chi connectivity index (χ1) is 11.1. The van der Waals surface area contributed by atoms with Crippen LogP contribution >= 0.6 is 0 Å². The lowest BCUT2D eigenvalue weighted by Gasteiger charge is -2.34. The molecule has 0 saturated carbocycles. The number of allylic oxidation sites excluding steroid dienone is 2. The fraction of sp³-hybridized carbons (Fsp3) is 0.588. The number of amides is 2. The van der Waals surface area contributed by atoms with E-state index in [0.717, 1.165) is 19.3 Å². The maximum atomic E-state index is 12.5. The smallest absolute Gasteiger partial charge is 0.228 e. The number of hydrogen-bond acceptors (Lipinski definition) is 4. The number of carbonyl (C=O) groups excluding carboxylic acids is 2. The van der Waals surface area contributed by atoms with Crippen LogP contribution in [0.2, 0.25) is 0 Å². The molecule has 23 heavy (non-hydrogen) atoms. The van der Waals surface area contributed by atoms with Gasteiger partial charge in [0, 0.05) is 31.0 Å². The highest BCUT2D eigenvalue weighted by Crippen LogP contribution is 2.25. The maximum absolute atomic E-state index is 12.5. The normalized spacial score (nSPS) is 22.1. The molecule has 1 aromatic rings. The summed E-state index contributed by atoms with van der Waals surface area (Å²) in [5.74, 6) is 1.40. The molecule has 1 N–H and O–H groups in total. The van der Waals surface area contributed by atoms with E-state index in [1.807, 2.05) is 4.90 Å². The monoisotopic (exact) mass is 317 g/mol. The number of rotatable bonds is 3. The molecular formula is C17H23N3O3. The first-order valence-electron chi connectivity index (χ1n) is 8.31. The van der Waals surface area contributed by atoms with E-state index >= 15 is 0 Å². The van der Waals surface area contributed by atoms with Gasteiger partial charge in [0.1, 0.15) is 5.76 Å². The average Bonchev–Trinajstić information content (AvgIpc) is 3.00. The van der Waals surface area contributed by atoms with Crippen molar-refractivity contribution in [3.63, 3.8) is 0 Å². The molecule has 0 aromatic carbocycles. The Morgan fingerprint density at radius 2 is 2.00 bits per heavy atom. The Morgan fingerprint density at radius 1 is 1.22 bits per heavy atom. The summed E-state index contributed by atoms with van der Waals surface area (Å²) in [6.45, 7) is 3.11. The van der Waals surface area contributed by atoms with Crippen molar-refractivity contribution in [2.24, 2.45) is 11.8 Å². The highest BCUT2D eigenvalue weighted by atomic mass is 16.5. The molecule has 1 unspecified atom stereocenters. The minimum Gasteiger partial charge on any atom is -0.360 e. The maximum Gasteiger partial charge on any atom is 0.228 e. The molecule has 1 aromatic heterocycles. The molecular weight excluding hydrogens is 294 g/mol. The van der Waals surface area contributed by atoms with Gasteiger partial charge >= 0.3 is 0 Å². The topological polar surface area (TPSA) is 75.4 Å². The third-order valence-corrected chi connectivity index (χ3v) is 4.67. The zero-order valence-electron chi connectivity index (χ0n) is 13.5. The largest absolute Gasteiger partial charge is 0.360 e. The minimum absolute atomic E-state index is 0.0361. The molecule has 1 saturated heterocycles. The summed E-state index contributed by atoms with van der Waals surface area (Å²) in [7, 11) is 0. The van der Waals surface area contributed by atoms with Crippen LogP contribution in [0.1, 0.15) is 37.9 Å². The quantitative estimate of drug-likeness (QED) is 0.869. The van der Waals surface area contributed by atoms with Crippen molar-refractivity contribution >= 4 is 17.6 Å². The molecule has 1 fully saturated rings. The Kier molecular flexibility index (Phi) is 4.79. The van der Waals surface area contributed by atoms with Gasteiger partial charge < -0.3 is 14.7 Å². The summed E-state index contributed by atoms with van der Waals surface area (Å²) >= 11 is 0. The second-order valence-corrected chi connectivity index (χ2v) is 6.39. The third-order valence-electron chi connectivity index (χ3n) is 4.67. The van der Waals surface area contributed by atoms with Crippen LogP contribution in [0.5, 0.6) is 0 Å². The van der Waals surface area contributed by atoms with Crippen LogP contribution in [0.4, 0.5) is 5.82 Å². The Balaban J connectivity index is 1.48. The SMILES string of the molecule is Cc1cc(NC(=O)C2CCN(C(=O)C3CC=CCC3)CC2)no1. The number of aromatic nitrogens is 1. The fourth-order valence-electron chi connectivity index (χ4n) is 3.29. The predicted molar refractivity (Wildman–Crippen MR) is 85.7 cm³/mol. The van der Waals surface area contributed by atoms with Gasteiger partial charge in [-0.1, -0.05) is 17.3 Å². The summed E-state index contributed by atoms with van der Waals surface area (Å²) in [6, 6.07) is 1.70. The van der Waals surface area contributed by atoms with Gasteiger partial charge in [-0.15, -0.1) is 0 Å². The fourth-order valence-corrected chi connectivity index (χ4v) is 3.29. The van der Waals surface area contributed by atoms with Gasteiger partial charge in [-0.2, -0.15) is 0 Å². The van der Waals surface area contributed by atoms with E-state index in [0.29, 0.717) is 37.5 Å².